The monoisotopic (exact) mass is 261 g/mol. The summed E-state index contributed by atoms with van der Waals surface area (Å²) in [5.74, 6) is 0.765. The van der Waals surface area contributed by atoms with Crippen LogP contribution < -0.4 is 4.90 Å². The smallest absolute Gasteiger partial charge is 0.308 e. The van der Waals surface area contributed by atoms with E-state index in [1.54, 1.807) is 6.20 Å². The minimum Gasteiger partial charge on any atom is -0.469 e. The maximum Gasteiger partial charge on any atom is 0.308 e. The molecule has 0 saturated carbocycles. The fourth-order valence-corrected chi connectivity index (χ4v) is 2.50. The van der Waals surface area contributed by atoms with E-state index in [-0.39, 0.29) is 11.9 Å². The van der Waals surface area contributed by atoms with E-state index in [1.807, 2.05) is 0 Å². The molecule has 0 amide bonds. The number of carbonyl (C=O) groups is 1. The Morgan fingerprint density at radius 2 is 2.21 bits per heavy atom. The molecule has 1 N–H and O–H groups in total. The second-order valence-electron chi connectivity index (χ2n) is 4.61. The predicted molar refractivity (Wildman–Crippen MR) is 68.6 cm³/mol. The Bertz CT molecular complexity index is 589. The van der Waals surface area contributed by atoms with Crippen LogP contribution in [0.5, 0.6) is 0 Å². The predicted octanol–water partition coefficient (Wildman–Crippen LogP) is 0.742. The fourth-order valence-electron chi connectivity index (χ4n) is 2.50. The number of H-pyrrole nitrogens is 1. The third kappa shape index (κ3) is 2.11. The molecule has 0 aromatic carbocycles. The lowest BCUT2D eigenvalue weighted by Gasteiger charge is -2.31. The number of aromatic amines is 1. The molecule has 0 bridgehead atoms. The molecule has 1 saturated heterocycles. The van der Waals surface area contributed by atoms with Crippen molar-refractivity contribution in [2.75, 3.05) is 25.1 Å². The highest BCUT2D eigenvalue weighted by Crippen LogP contribution is 2.26. The van der Waals surface area contributed by atoms with E-state index in [9.17, 15) is 4.79 Å². The zero-order valence-corrected chi connectivity index (χ0v) is 10.7. The van der Waals surface area contributed by atoms with Crippen molar-refractivity contribution in [3.05, 3.63) is 12.5 Å². The van der Waals surface area contributed by atoms with Gasteiger partial charge in [0.25, 0.3) is 0 Å². The van der Waals surface area contributed by atoms with Gasteiger partial charge in [-0.2, -0.15) is 5.10 Å². The van der Waals surface area contributed by atoms with Gasteiger partial charge in [-0.15, -0.1) is 0 Å². The minimum atomic E-state index is -0.115. The lowest BCUT2D eigenvalue weighted by atomic mass is 9.97. The molecule has 0 atom stereocenters. The number of carbonyl (C=O) groups excluding carboxylic acids is 1. The maximum atomic E-state index is 11.5. The SMILES string of the molecule is COC(=O)C1CCN(c2ncnc3[nH]ncc23)CC1. The average molecular weight is 261 g/mol. The maximum absolute atomic E-state index is 11.5. The second kappa shape index (κ2) is 4.83. The van der Waals surface area contributed by atoms with Crippen molar-refractivity contribution in [1.82, 2.24) is 20.2 Å². The summed E-state index contributed by atoms with van der Waals surface area (Å²) < 4.78 is 4.79. The number of anilines is 1. The molecule has 100 valence electrons. The van der Waals surface area contributed by atoms with Crippen molar-refractivity contribution in [2.45, 2.75) is 12.8 Å². The molecule has 0 unspecified atom stereocenters. The zero-order chi connectivity index (χ0) is 13.2. The van der Waals surface area contributed by atoms with Gasteiger partial charge in [0.05, 0.1) is 24.6 Å². The number of nitrogens with one attached hydrogen (secondary N) is 1. The molecule has 0 radical (unpaired) electrons. The van der Waals surface area contributed by atoms with E-state index >= 15 is 0 Å². The standard InChI is InChI=1S/C12H15N5O2/c1-19-12(18)8-2-4-17(5-3-8)11-9-6-15-16-10(9)13-7-14-11/h6-8H,2-5H2,1H3,(H,13,14,15,16). The highest BCUT2D eigenvalue weighted by molar-refractivity contribution is 5.86. The van der Waals surface area contributed by atoms with Crippen molar-refractivity contribution >= 4 is 22.8 Å². The Hall–Kier alpha value is -2.18. The van der Waals surface area contributed by atoms with Gasteiger partial charge in [-0.05, 0) is 12.8 Å². The summed E-state index contributed by atoms with van der Waals surface area (Å²) in [7, 11) is 1.44. The number of ether oxygens (including phenoxy) is 1. The Balaban J connectivity index is 1.78. The number of hydrogen-bond acceptors (Lipinski definition) is 6. The molecule has 1 aliphatic heterocycles. The van der Waals surface area contributed by atoms with Crippen molar-refractivity contribution in [2.24, 2.45) is 5.92 Å². The van der Waals surface area contributed by atoms with E-state index in [4.69, 9.17) is 4.74 Å². The molecular weight excluding hydrogens is 246 g/mol. The average Bonchev–Trinajstić information content (AvgIpc) is 2.95. The molecule has 7 heteroatoms. The first-order valence-corrected chi connectivity index (χ1v) is 6.26. The van der Waals surface area contributed by atoms with E-state index in [0.29, 0.717) is 0 Å². The topological polar surface area (TPSA) is 84.0 Å². The number of fused-ring (bicyclic) bond motifs is 1. The number of piperidine rings is 1. The molecule has 7 nitrogen and oxygen atoms in total. The highest BCUT2D eigenvalue weighted by atomic mass is 16.5. The molecule has 3 rings (SSSR count). The Morgan fingerprint density at radius 1 is 1.42 bits per heavy atom. The molecule has 19 heavy (non-hydrogen) atoms. The quantitative estimate of drug-likeness (QED) is 0.803. The molecule has 1 fully saturated rings. The molecule has 1 aliphatic rings. The number of rotatable bonds is 2. The Morgan fingerprint density at radius 3 is 2.95 bits per heavy atom. The van der Waals surface area contributed by atoms with Gasteiger partial charge in [0, 0.05) is 13.1 Å². The Kier molecular flexibility index (Phi) is 3.02. The van der Waals surface area contributed by atoms with E-state index in [0.717, 1.165) is 42.8 Å². The molecule has 2 aromatic rings. The third-order valence-corrected chi connectivity index (χ3v) is 3.56. The molecular formula is C12H15N5O2. The van der Waals surface area contributed by atoms with Crippen LogP contribution in [-0.2, 0) is 9.53 Å². The van der Waals surface area contributed by atoms with Gasteiger partial charge < -0.3 is 9.64 Å². The van der Waals surface area contributed by atoms with Crippen LogP contribution in [-0.4, -0.2) is 46.3 Å². The summed E-state index contributed by atoms with van der Waals surface area (Å²) in [6.07, 6.45) is 4.84. The van der Waals surface area contributed by atoms with E-state index in [2.05, 4.69) is 25.1 Å². The summed E-state index contributed by atoms with van der Waals surface area (Å²) in [6.45, 7) is 1.58. The lowest BCUT2D eigenvalue weighted by Crippen LogP contribution is -2.37. The number of nitrogens with zero attached hydrogens (tertiary/aromatic N) is 4. The first kappa shape index (κ1) is 11.9. The summed E-state index contributed by atoms with van der Waals surface area (Å²) in [5, 5.41) is 7.73. The van der Waals surface area contributed by atoms with Crippen LogP contribution in [0.25, 0.3) is 11.0 Å². The van der Waals surface area contributed by atoms with Gasteiger partial charge in [-0.1, -0.05) is 0 Å². The first-order valence-electron chi connectivity index (χ1n) is 6.26. The van der Waals surface area contributed by atoms with E-state index < -0.39 is 0 Å². The summed E-state index contributed by atoms with van der Waals surface area (Å²) >= 11 is 0. The molecule has 2 aromatic heterocycles. The van der Waals surface area contributed by atoms with Crippen molar-refractivity contribution in [3.8, 4) is 0 Å². The summed E-state index contributed by atoms with van der Waals surface area (Å²) in [5.41, 5.74) is 0.736. The number of hydrogen-bond donors (Lipinski definition) is 1. The second-order valence-corrected chi connectivity index (χ2v) is 4.61. The summed E-state index contributed by atoms with van der Waals surface area (Å²) in [4.78, 5) is 22.1. The molecule has 0 spiro atoms. The number of aromatic nitrogens is 4. The largest absolute Gasteiger partial charge is 0.469 e. The van der Waals surface area contributed by atoms with Crippen molar-refractivity contribution in [1.29, 1.82) is 0 Å². The van der Waals surface area contributed by atoms with Gasteiger partial charge in [-0.25, -0.2) is 9.97 Å². The molecule has 3 heterocycles. The van der Waals surface area contributed by atoms with Crippen LogP contribution in [0.15, 0.2) is 12.5 Å². The van der Waals surface area contributed by atoms with E-state index in [1.165, 1.54) is 13.4 Å². The van der Waals surface area contributed by atoms with Crippen molar-refractivity contribution in [3.63, 3.8) is 0 Å². The van der Waals surface area contributed by atoms with Crippen LogP contribution >= 0.6 is 0 Å². The highest BCUT2D eigenvalue weighted by Gasteiger charge is 2.27. The van der Waals surface area contributed by atoms with Crippen LogP contribution in [0.2, 0.25) is 0 Å². The van der Waals surface area contributed by atoms with Crippen LogP contribution in [0.4, 0.5) is 5.82 Å². The van der Waals surface area contributed by atoms with Crippen molar-refractivity contribution < 1.29 is 9.53 Å². The number of esters is 1. The van der Waals surface area contributed by atoms with Gasteiger partial charge in [0.15, 0.2) is 5.65 Å². The third-order valence-electron chi connectivity index (χ3n) is 3.56. The van der Waals surface area contributed by atoms with Gasteiger partial charge in [0.1, 0.15) is 12.1 Å². The fraction of sp³-hybridized carbons (Fsp3) is 0.500. The zero-order valence-electron chi connectivity index (χ0n) is 10.7. The minimum absolute atomic E-state index is 0.00271. The lowest BCUT2D eigenvalue weighted by molar-refractivity contribution is -0.146. The van der Waals surface area contributed by atoms with Crippen LogP contribution in [0.1, 0.15) is 12.8 Å². The first-order chi connectivity index (χ1) is 9.29. The molecule has 0 aliphatic carbocycles. The van der Waals surface area contributed by atoms with Gasteiger partial charge in [-0.3, -0.25) is 9.89 Å². The number of methoxy groups -OCH3 is 1. The van der Waals surface area contributed by atoms with Crippen LogP contribution in [0.3, 0.4) is 0 Å². The Labute approximate surface area is 110 Å². The summed E-state index contributed by atoms with van der Waals surface area (Å²) in [6, 6.07) is 0. The normalized spacial score (nSPS) is 16.8. The van der Waals surface area contributed by atoms with Crippen LogP contribution in [0, 0.1) is 5.92 Å². The van der Waals surface area contributed by atoms with Gasteiger partial charge in [0.2, 0.25) is 0 Å². The van der Waals surface area contributed by atoms with Gasteiger partial charge >= 0.3 is 5.97 Å².